The van der Waals surface area contributed by atoms with Crippen molar-refractivity contribution in [2.75, 3.05) is 0 Å². The molecule has 3 nitrogen and oxygen atoms in total. The largest absolute Gasteiger partial charge is 0.416 e. The third-order valence-corrected chi connectivity index (χ3v) is 2.87. The van der Waals surface area contributed by atoms with E-state index < -0.39 is 11.7 Å². The Morgan fingerprint density at radius 1 is 1.00 bits per heavy atom. The Hall–Kier alpha value is -2.34. The van der Waals surface area contributed by atoms with E-state index in [4.69, 9.17) is 5.21 Å². The van der Waals surface area contributed by atoms with Crippen molar-refractivity contribution in [3.05, 3.63) is 65.2 Å². The molecule has 0 fully saturated rings. The fraction of sp³-hybridized carbons (Fsp3) is 0.133. The maximum Gasteiger partial charge on any atom is 0.416 e. The summed E-state index contributed by atoms with van der Waals surface area (Å²) in [5, 5.41) is 9.13. The van der Waals surface area contributed by atoms with Gasteiger partial charge < -0.3 is 0 Å². The number of hydrogen-bond acceptors (Lipinski definition) is 2. The van der Waals surface area contributed by atoms with Crippen LogP contribution in [0.25, 0.3) is 0 Å². The third-order valence-electron chi connectivity index (χ3n) is 2.87. The van der Waals surface area contributed by atoms with E-state index in [2.05, 4.69) is 4.99 Å². The van der Waals surface area contributed by atoms with Gasteiger partial charge in [0, 0.05) is 5.56 Å². The maximum absolute atomic E-state index is 12.5. The number of halogens is 3. The van der Waals surface area contributed by atoms with Crippen LogP contribution in [0.4, 0.5) is 18.9 Å². The van der Waals surface area contributed by atoms with Gasteiger partial charge in [-0.15, -0.1) is 0 Å². The van der Waals surface area contributed by atoms with Gasteiger partial charge in [-0.05, 0) is 31.2 Å². The minimum atomic E-state index is -4.38. The van der Waals surface area contributed by atoms with Crippen molar-refractivity contribution in [1.29, 1.82) is 0 Å². The van der Waals surface area contributed by atoms with Gasteiger partial charge in [0.05, 0.1) is 11.3 Å². The molecule has 0 atom stereocenters. The summed E-state index contributed by atoms with van der Waals surface area (Å²) >= 11 is 0. The molecule has 0 saturated heterocycles. The smallest absolute Gasteiger partial charge is 0.290 e. The van der Waals surface area contributed by atoms with Crippen LogP contribution in [0.2, 0.25) is 0 Å². The van der Waals surface area contributed by atoms with Crippen LogP contribution in [0.3, 0.4) is 0 Å². The first-order chi connectivity index (χ1) is 9.90. The van der Waals surface area contributed by atoms with Gasteiger partial charge in [0.15, 0.2) is 5.84 Å². The number of nitrogens with zero attached hydrogens (tertiary/aromatic N) is 1. The van der Waals surface area contributed by atoms with Crippen molar-refractivity contribution >= 4 is 11.5 Å². The van der Waals surface area contributed by atoms with Gasteiger partial charge in [-0.1, -0.05) is 29.8 Å². The van der Waals surface area contributed by atoms with E-state index in [1.165, 1.54) is 12.1 Å². The fourth-order valence-electron chi connectivity index (χ4n) is 1.72. The first-order valence-electron chi connectivity index (χ1n) is 6.13. The van der Waals surface area contributed by atoms with Crippen LogP contribution in [-0.2, 0) is 6.18 Å². The lowest BCUT2D eigenvalue weighted by Crippen LogP contribution is -2.19. The van der Waals surface area contributed by atoms with E-state index >= 15 is 0 Å². The number of amidine groups is 1. The summed E-state index contributed by atoms with van der Waals surface area (Å²) in [6.45, 7) is 1.92. The molecule has 110 valence electrons. The summed E-state index contributed by atoms with van der Waals surface area (Å²) in [5.41, 5.74) is 3.20. The molecule has 0 aliphatic carbocycles. The second kappa shape index (κ2) is 5.97. The summed E-state index contributed by atoms with van der Waals surface area (Å²) < 4.78 is 37.4. The molecule has 0 heterocycles. The Morgan fingerprint density at radius 3 is 2.05 bits per heavy atom. The zero-order valence-corrected chi connectivity index (χ0v) is 11.1. The van der Waals surface area contributed by atoms with Crippen molar-refractivity contribution in [2.45, 2.75) is 13.1 Å². The van der Waals surface area contributed by atoms with Gasteiger partial charge in [0.1, 0.15) is 0 Å². The molecule has 0 radical (unpaired) electrons. The van der Waals surface area contributed by atoms with Crippen molar-refractivity contribution in [3.63, 3.8) is 0 Å². The Morgan fingerprint density at radius 2 is 1.57 bits per heavy atom. The lowest BCUT2D eigenvalue weighted by Gasteiger charge is -2.08. The summed E-state index contributed by atoms with van der Waals surface area (Å²) in [7, 11) is 0. The van der Waals surface area contributed by atoms with Gasteiger partial charge >= 0.3 is 6.18 Å². The highest BCUT2D eigenvalue weighted by Gasteiger charge is 2.29. The van der Waals surface area contributed by atoms with Gasteiger partial charge in [-0.2, -0.15) is 13.2 Å². The van der Waals surface area contributed by atoms with Gasteiger partial charge in [-0.25, -0.2) is 4.99 Å². The monoisotopic (exact) mass is 294 g/mol. The normalized spacial score (nSPS) is 12.3. The van der Waals surface area contributed by atoms with E-state index in [-0.39, 0.29) is 5.84 Å². The quantitative estimate of drug-likeness (QED) is 0.498. The zero-order valence-electron chi connectivity index (χ0n) is 11.1. The molecule has 21 heavy (non-hydrogen) atoms. The van der Waals surface area contributed by atoms with Crippen LogP contribution in [0, 0.1) is 6.92 Å². The van der Waals surface area contributed by atoms with Crippen molar-refractivity contribution in [1.82, 2.24) is 5.48 Å². The lowest BCUT2D eigenvalue weighted by molar-refractivity contribution is -0.137. The number of hydroxylamine groups is 1. The minimum absolute atomic E-state index is 0.162. The standard InChI is InChI=1S/C15H13F3N2O/c1-10-2-4-11(5-3-10)14(20-21)19-13-8-6-12(7-9-13)15(16,17)18/h2-9,21H,1H3,(H,19,20). The Labute approximate surface area is 119 Å². The van der Waals surface area contributed by atoms with E-state index in [0.29, 0.717) is 11.3 Å². The Balaban J connectivity index is 2.30. The average Bonchev–Trinajstić information content (AvgIpc) is 2.45. The van der Waals surface area contributed by atoms with Crippen molar-refractivity contribution in [2.24, 2.45) is 4.99 Å². The van der Waals surface area contributed by atoms with E-state index in [1.54, 1.807) is 12.1 Å². The van der Waals surface area contributed by atoms with Gasteiger partial charge in [-0.3, -0.25) is 10.7 Å². The molecule has 0 spiro atoms. The second-order valence-electron chi connectivity index (χ2n) is 4.48. The first kappa shape index (κ1) is 15.1. The molecule has 0 aliphatic heterocycles. The molecule has 2 N–H and O–H groups in total. The number of rotatable bonds is 2. The Kier molecular flexibility index (Phi) is 4.28. The van der Waals surface area contributed by atoms with Crippen molar-refractivity contribution in [3.8, 4) is 0 Å². The first-order valence-corrected chi connectivity index (χ1v) is 6.13. The minimum Gasteiger partial charge on any atom is -0.290 e. The SMILES string of the molecule is Cc1ccc(C(=Nc2ccc(C(F)(F)F)cc2)NO)cc1. The molecular formula is C15H13F3N2O. The van der Waals surface area contributed by atoms with Gasteiger partial charge in [0.2, 0.25) is 0 Å². The summed E-state index contributed by atoms with van der Waals surface area (Å²) in [4.78, 5) is 4.09. The summed E-state index contributed by atoms with van der Waals surface area (Å²) in [5.74, 6) is 0.162. The predicted molar refractivity (Wildman–Crippen MR) is 73.7 cm³/mol. The number of aliphatic imine (C=N–C) groups is 1. The molecule has 2 aromatic carbocycles. The topological polar surface area (TPSA) is 44.6 Å². The molecule has 0 bridgehead atoms. The molecule has 6 heteroatoms. The van der Waals surface area contributed by atoms with Crippen LogP contribution < -0.4 is 5.48 Å². The molecule has 0 amide bonds. The molecule has 0 aliphatic rings. The van der Waals surface area contributed by atoms with Gasteiger partial charge in [0.25, 0.3) is 0 Å². The number of alkyl halides is 3. The number of nitrogens with one attached hydrogen (secondary N) is 1. The summed E-state index contributed by atoms with van der Waals surface area (Å²) in [6, 6.07) is 11.6. The third kappa shape index (κ3) is 3.82. The van der Waals surface area contributed by atoms with E-state index in [1.807, 2.05) is 24.5 Å². The second-order valence-corrected chi connectivity index (χ2v) is 4.48. The maximum atomic E-state index is 12.5. The predicted octanol–water partition coefficient (Wildman–Crippen LogP) is 4.07. The van der Waals surface area contributed by atoms with Crippen LogP contribution in [0.5, 0.6) is 0 Å². The van der Waals surface area contributed by atoms with E-state index in [0.717, 1.165) is 17.7 Å². The molecular weight excluding hydrogens is 281 g/mol. The Bertz CT molecular complexity index is 631. The highest BCUT2D eigenvalue weighted by molar-refractivity contribution is 5.99. The highest BCUT2D eigenvalue weighted by Crippen LogP contribution is 2.30. The highest BCUT2D eigenvalue weighted by atomic mass is 19.4. The average molecular weight is 294 g/mol. The van der Waals surface area contributed by atoms with Crippen LogP contribution in [-0.4, -0.2) is 11.0 Å². The number of benzene rings is 2. The molecule has 0 aromatic heterocycles. The van der Waals surface area contributed by atoms with Crippen LogP contribution in [0.15, 0.2) is 53.5 Å². The van der Waals surface area contributed by atoms with E-state index in [9.17, 15) is 13.2 Å². The van der Waals surface area contributed by atoms with Crippen LogP contribution >= 0.6 is 0 Å². The molecule has 2 aromatic rings. The number of aryl methyl sites for hydroxylation is 1. The van der Waals surface area contributed by atoms with Crippen molar-refractivity contribution < 1.29 is 18.4 Å². The lowest BCUT2D eigenvalue weighted by atomic mass is 10.1. The zero-order chi connectivity index (χ0) is 15.5. The molecule has 0 unspecified atom stereocenters. The molecule has 2 rings (SSSR count). The summed E-state index contributed by atoms with van der Waals surface area (Å²) in [6.07, 6.45) is -4.38. The molecule has 0 saturated carbocycles. The number of hydrogen-bond donors (Lipinski definition) is 2. The van der Waals surface area contributed by atoms with Crippen LogP contribution in [0.1, 0.15) is 16.7 Å². The fourth-order valence-corrected chi connectivity index (χ4v) is 1.72.